The molecule has 0 saturated heterocycles. The Balaban J connectivity index is 3.19. The molecule has 0 spiro atoms. The normalized spacial score (nSPS) is 12.4. The number of aliphatic carboxylic acids is 1. The van der Waals surface area contributed by atoms with Crippen LogP contribution in [0.25, 0.3) is 0 Å². The SMILES string of the molecule is CC(C)(NS(=O)(=O)c1ccc(F)cc1Br)C(=O)O. The van der Waals surface area contributed by atoms with Gasteiger partial charge in [-0.3, -0.25) is 4.79 Å². The molecule has 0 aliphatic rings. The van der Waals surface area contributed by atoms with Gasteiger partial charge in [0.05, 0.1) is 4.90 Å². The van der Waals surface area contributed by atoms with Crippen LogP contribution in [0.3, 0.4) is 0 Å². The number of hydrogen-bond donors (Lipinski definition) is 2. The molecule has 0 unspecified atom stereocenters. The molecule has 1 rings (SSSR count). The number of hydrogen-bond acceptors (Lipinski definition) is 3. The summed E-state index contributed by atoms with van der Waals surface area (Å²) in [6.07, 6.45) is 0. The van der Waals surface area contributed by atoms with Gasteiger partial charge in [0.1, 0.15) is 11.4 Å². The fraction of sp³-hybridized carbons (Fsp3) is 0.300. The Morgan fingerprint density at radius 1 is 1.44 bits per heavy atom. The highest BCUT2D eigenvalue weighted by Crippen LogP contribution is 2.23. The largest absolute Gasteiger partial charge is 0.480 e. The number of rotatable bonds is 4. The van der Waals surface area contributed by atoms with Crippen molar-refractivity contribution >= 4 is 31.9 Å². The van der Waals surface area contributed by atoms with Gasteiger partial charge in [0.15, 0.2) is 0 Å². The van der Waals surface area contributed by atoms with Crippen molar-refractivity contribution in [1.29, 1.82) is 0 Å². The molecule has 0 amide bonds. The van der Waals surface area contributed by atoms with Gasteiger partial charge in [-0.1, -0.05) is 0 Å². The molecule has 18 heavy (non-hydrogen) atoms. The van der Waals surface area contributed by atoms with E-state index in [2.05, 4.69) is 15.9 Å². The van der Waals surface area contributed by atoms with Crippen molar-refractivity contribution in [3.05, 3.63) is 28.5 Å². The number of sulfonamides is 1. The lowest BCUT2D eigenvalue weighted by Crippen LogP contribution is -2.49. The van der Waals surface area contributed by atoms with Crippen LogP contribution in [0.5, 0.6) is 0 Å². The van der Waals surface area contributed by atoms with E-state index in [1.807, 2.05) is 4.72 Å². The van der Waals surface area contributed by atoms with E-state index in [0.717, 1.165) is 18.2 Å². The van der Waals surface area contributed by atoms with Crippen LogP contribution in [0.1, 0.15) is 13.8 Å². The van der Waals surface area contributed by atoms with Gasteiger partial charge in [-0.05, 0) is 48.0 Å². The van der Waals surface area contributed by atoms with Crippen LogP contribution in [0.2, 0.25) is 0 Å². The fourth-order valence-electron chi connectivity index (χ4n) is 1.13. The molecular weight excluding hydrogens is 329 g/mol. The Bertz CT molecular complexity index is 586. The minimum absolute atomic E-state index is 0.0242. The average Bonchev–Trinajstić information content (AvgIpc) is 2.14. The third kappa shape index (κ3) is 3.27. The van der Waals surface area contributed by atoms with Crippen molar-refractivity contribution in [3.8, 4) is 0 Å². The molecule has 2 N–H and O–H groups in total. The second kappa shape index (κ2) is 4.94. The fourth-order valence-corrected chi connectivity index (χ4v) is 3.55. The first-order valence-electron chi connectivity index (χ1n) is 4.79. The molecule has 0 aliphatic carbocycles. The number of benzene rings is 1. The summed E-state index contributed by atoms with van der Waals surface area (Å²) in [7, 11) is -4.05. The first kappa shape index (κ1) is 15.1. The van der Waals surface area contributed by atoms with Gasteiger partial charge in [-0.25, -0.2) is 12.8 Å². The second-order valence-corrected chi connectivity index (χ2v) is 6.62. The van der Waals surface area contributed by atoms with Crippen LogP contribution in [0.4, 0.5) is 4.39 Å². The maximum atomic E-state index is 12.9. The van der Waals surface area contributed by atoms with Crippen LogP contribution >= 0.6 is 15.9 Å². The van der Waals surface area contributed by atoms with Crippen LogP contribution in [-0.4, -0.2) is 25.0 Å². The molecule has 0 radical (unpaired) electrons. The summed E-state index contributed by atoms with van der Waals surface area (Å²) in [5, 5.41) is 8.87. The number of carboxylic acids is 1. The summed E-state index contributed by atoms with van der Waals surface area (Å²) in [5.74, 6) is -1.91. The van der Waals surface area contributed by atoms with Gasteiger partial charge in [-0.2, -0.15) is 4.72 Å². The van der Waals surface area contributed by atoms with Gasteiger partial charge in [0.25, 0.3) is 0 Å². The molecule has 1 aromatic rings. The first-order valence-corrected chi connectivity index (χ1v) is 7.06. The number of carbonyl (C=O) groups is 1. The van der Waals surface area contributed by atoms with Crippen molar-refractivity contribution in [1.82, 2.24) is 4.72 Å². The lowest BCUT2D eigenvalue weighted by atomic mass is 10.1. The molecule has 0 bridgehead atoms. The third-order valence-electron chi connectivity index (χ3n) is 2.11. The highest BCUT2D eigenvalue weighted by molar-refractivity contribution is 9.10. The van der Waals surface area contributed by atoms with E-state index < -0.39 is 27.3 Å². The highest BCUT2D eigenvalue weighted by atomic mass is 79.9. The Kier molecular flexibility index (Phi) is 4.14. The van der Waals surface area contributed by atoms with Crippen LogP contribution in [0, 0.1) is 5.82 Å². The minimum atomic E-state index is -4.05. The zero-order chi connectivity index (χ0) is 14.1. The van der Waals surface area contributed by atoms with E-state index in [4.69, 9.17) is 5.11 Å². The number of nitrogens with one attached hydrogen (secondary N) is 1. The van der Waals surface area contributed by atoms with E-state index in [0.29, 0.717) is 0 Å². The lowest BCUT2D eigenvalue weighted by Gasteiger charge is -2.21. The van der Waals surface area contributed by atoms with E-state index in [1.54, 1.807) is 0 Å². The summed E-state index contributed by atoms with van der Waals surface area (Å²) in [6, 6.07) is 3.02. The van der Waals surface area contributed by atoms with Gasteiger partial charge in [0, 0.05) is 4.47 Å². The summed E-state index contributed by atoms with van der Waals surface area (Å²) < 4.78 is 38.8. The second-order valence-electron chi connectivity index (χ2n) is 4.11. The third-order valence-corrected chi connectivity index (χ3v) is 4.74. The molecule has 0 saturated carbocycles. The molecule has 0 heterocycles. The van der Waals surface area contributed by atoms with Gasteiger partial charge >= 0.3 is 5.97 Å². The minimum Gasteiger partial charge on any atom is -0.480 e. The van der Waals surface area contributed by atoms with Crippen LogP contribution < -0.4 is 4.72 Å². The Hall–Kier alpha value is -0.990. The van der Waals surface area contributed by atoms with Crippen LogP contribution in [-0.2, 0) is 14.8 Å². The first-order chi connectivity index (χ1) is 8.06. The number of halogens is 2. The maximum absolute atomic E-state index is 12.9. The molecule has 1 aromatic carbocycles. The van der Waals surface area contributed by atoms with Crippen LogP contribution in [0.15, 0.2) is 27.6 Å². The Morgan fingerprint density at radius 2 is 2.00 bits per heavy atom. The zero-order valence-electron chi connectivity index (χ0n) is 9.57. The van der Waals surface area contributed by atoms with Crippen molar-refractivity contribution in [2.45, 2.75) is 24.3 Å². The summed E-state index contributed by atoms with van der Waals surface area (Å²) in [6.45, 7) is 2.43. The van der Waals surface area contributed by atoms with Crippen molar-refractivity contribution < 1.29 is 22.7 Å². The summed E-state index contributed by atoms with van der Waals surface area (Å²) >= 11 is 2.92. The number of carboxylic acid groups (broad SMARTS) is 1. The Morgan fingerprint density at radius 3 is 2.44 bits per heavy atom. The molecule has 0 aromatic heterocycles. The molecule has 5 nitrogen and oxygen atoms in total. The molecule has 100 valence electrons. The monoisotopic (exact) mass is 339 g/mol. The molecule has 8 heteroatoms. The summed E-state index contributed by atoms with van der Waals surface area (Å²) in [4.78, 5) is 10.6. The molecule has 0 atom stereocenters. The smallest absolute Gasteiger partial charge is 0.324 e. The van der Waals surface area contributed by atoms with Crippen molar-refractivity contribution in [3.63, 3.8) is 0 Å². The summed E-state index contributed by atoms with van der Waals surface area (Å²) in [5.41, 5.74) is -1.66. The Labute approximate surface area is 112 Å². The van der Waals surface area contributed by atoms with E-state index >= 15 is 0 Å². The zero-order valence-corrected chi connectivity index (χ0v) is 12.0. The molecular formula is C10H11BrFNO4S. The van der Waals surface area contributed by atoms with Gasteiger partial charge < -0.3 is 5.11 Å². The maximum Gasteiger partial charge on any atom is 0.324 e. The van der Waals surface area contributed by atoms with Gasteiger partial charge in [0.2, 0.25) is 10.0 Å². The van der Waals surface area contributed by atoms with E-state index in [-0.39, 0.29) is 9.37 Å². The lowest BCUT2D eigenvalue weighted by molar-refractivity contribution is -0.142. The van der Waals surface area contributed by atoms with E-state index in [1.165, 1.54) is 13.8 Å². The van der Waals surface area contributed by atoms with Gasteiger partial charge in [-0.15, -0.1) is 0 Å². The standard InChI is InChI=1S/C10H11BrFNO4S/c1-10(2,9(14)15)13-18(16,17)8-4-3-6(12)5-7(8)11/h3-5,13H,1-2H3,(H,14,15). The molecule has 0 aliphatic heterocycles. The van der Waals surface area contributed by atoms with Crippen molar-refractivity contribution in [2.24, 2.45) is 0 Å². The quantitative estimate of drug-likeness (QED) is 0.874. The average molecular weight is 340 g/mol. The molecule has 0 fully saturated rings. The highest BCUT2D eigenvalue weighted by Gasteiger charge is 2.33. The van der Waals surface area contributed by atoms with Crippen molar-refractivity contribution in [2.75, 3.05) is 0 Å². The topological polar surface area (TPSA) is 83.5 Å². The van der Waals surface area contributed by atoms with E-state index in [9.17, 15) is 17.6 Å². The predicted octanol–water partition coefficient (Wildman–Crippen LogP) is 1.73. The predicted molar refractivity (Wildman–Crippen MR) is 66.1 cm³/mol.